The molecule has 2 heterocycles. The molecule has 0 atom stereocenters. The summed E-state index contributed by atoms with van der Waals surface area (Å²) in [5.41, 5.74) is 0.758. The first-order chi connectivity index (χ1) is 15.7. The van der Waals surface area contributed by atoms with Crippen LogP contribution in [0.2, 0.25) is 0 Å². The van der Waals surface area contributed by atoms with E-state index in [0.29, 0.717) is 16.8 Å². The second kappa shape index (κ2) is 8.34. The molecule has 0 fully saturated rings. The number of halogens is 2. The van der Waals surface area contributed by atoms with Crippen molar-refractivity contribution in [1.29, 1.82) is 0 Å². The fraction of sp³-hybridized carbons (Fsp3) is 0.125. The minimum absolute atomic E-state index is 0.00760. The van der Waals surface area contributed by atoms with E-state index in [0.717, 1.165) is 17.7 Å². The SMILES string of the molecule is C=Cc1ccc(C2=NOC(C)(C)C2=O)cc1-c1cnc(NC(=O)c2c(F)cccc2F)cn1. The Balaban J connectivity index is 1.62. The Bertz CT molecular complexity index is 1300. The van der Waals surface area contributed by atoms with Gasteiger partial charge in [0, 0.05) is 11.1 Å². The molecule has 1 aromatic heterocycles. The molecular weight excluding hydrogens is 430 g/mol. The maximum absolute atomic E-state index is 13.8. The molecule has 0 unspecified atom stereocenters. The van der Waals surface area contributed by atoms with Gasteiger partial charge in [-0.25, -0.2) is 13.8 Å². The molecule has 166 valence electrons. The minimum atomic E-state index is -1.04. The van der Waals surface area contributed by atoms with Gasteiger partial charge < -0.3 is 10.2 Å². The number of anilines is 1. The molecule has 1 amide bonds. The molecule has 9 heteroatoms. The number of nitrogens with zero attached hydrogens (tertiary/aromatic N) is 3. The zero-order valence-electron chi connectivity index (χ0n) is 17.7. The number of hydrogen-bond donors (Lipinski definition) is 1. The quantitative estimate of drug-likeness (QED) is 0.625. The van der Waals surface area contributed by atoms with Crippen LogP contribution in [-0.4, -0.2) is 33.0 Å². The van der Waals surface area contributed by atoms with Gasteiger partial charge in [0.25, 0.3) is 5.91 Å². The Labute approximate surface area is 187 Å². The molecular formula is C24H18F2N4O3. The lowest BCUT2D eigenvalue weighted by atomic mass is 9.93. The molecule has 2 aromatic carbocycles. The first kappa shape index (κ1) is 21.9. The lowest BCUT2D eigenvalue weighted by Gasteiger charge is -2.12. The Kier molecular flexibility index (Phi) is 5.55. The zero-order valence-corrected chi connectivity index (χ0v) is 17.7. The molecule has 0 radical (unpaired) electrons. The highest BCUT2D eigenvalue weighted by atomic mass is 19.1. The highest BCUT2D eigenvalue weighted by Crippen LogP contribution is 2.28. The summed E-state index contributed by atoms with van der Waals surface area (Å²) in [4.78, 5) is 38.4. The van der Waals surface area contributed by atoms with E-state index < -0.39 is 28.7 Å². The number of oxime groups is 1. The second-order valence-electron chi connectivity index (χ2n) is 7.71. The van der Waals surface area contributed by atoms with Crippen LogP contribution in [0.1, 0.15) is 35.3 Å². The summed E-state index contributed by atoms with van der Waals surface area (Å²) in [7, 11) is 0. The fourth-order valence-corrected chi connectivity index (χ4v) is 3.24. The monoisotopic (exact) mass is 448 g/mol. The fourth-order valence-electron chi connectivity index (χ4n) is 3.24. The number of carbonyl (C=O) groups is 2. The smallest absolute Gasteiger partial charge is 0.262 e. The highest BCUT2D eigenvalue weighted by molar-refractivity contribution is 6.49. The van der Waals surface area contributed by atoms with Gasteiger partial charge in [-0.1, -0.05) is 36.0 Å². The van der Waals surface area contributed by atoms with E-state index in [2.05, 4.69) is 27.0 Å². The zero-order chi connectivity index (χ0) is 23.8. The van der Waals surface area contributed by atoms with Gasteiger partial charge in [-0.3, -0.25) is 14.6 Å². The Morgan fingerprint density at radius 2 is 1.85 bits per heavy atom. The Morgan fingerprint density at radius 3 is 2.42 bits per heavy atom. The van der Waals surface area contributed by atoms with E-state index in [1.807, 2.05) is 0 Å². The van der Waals surface area contributed by atoms with Crippen LogP contribution >= 0.6 is 0 Å². The first-order valence-corrected chi connectivity index (χ1v) is 9.87. The number of nitrogens with one attached hydrogen (secondary N) is 1. The molecule has 7 nitrogen and oxygen atoms in total. The number of Topliss-reactive ketones (excluding diaryl/α,β-unsaturated/α-hetero) is 1. The van der Waals surface area contributed by atoms with Gasteiger partial charge in [0.05, 0.1) is 18.1 Å². The summed E-state index contributed by atoms with van der Waals surface area (Å²) in [6.45, 7) is 7.06. The van der Waals surface area contributed by atoms with E-state index >= 15 is 0 Å². The maximum atomic E-state index is 13.8. The van der Waals surface area contributed by atoms with Crippen molar-refractivity contribution < 1.29 is 23.2 Å². The molecule has 3 aromatic rings. The first-order valence-electron chi connectivity index (χ1n) is 9.87. The molecule has 4 rings (SSSR count). The van der Waals surface area contributed by atoms with E-state index in [-0.39, 0.29) is 17.3 Å². The van der Waals surface area contributed by atoms with E-state index in [1.165, 1.54) is 18.5 Å². The molecule has 1 aliphatic heterocycles. The van der Waals surface area contributed by atoms with Crippen molar-refractivity contribution in [2.75, 3.05) is 5.32 Å². The van der Waals surface area contributed by atoms with Crippen molar-refractivity contribution in [3.8, 4) is 11.3 Å². The van der Waals surface area contributed by atoms with Gasteiger partial charge in [-0.05, 0) is 37.6 Å². The van der Waals surface area contributed by atoms with Crippen molar-refractivity contribution in [1.82, 2.24) is 9.97 Å². The number of aromatic nitrogens is 2. The third-order valence-corrected chi connectivity index (χ3v) is 5.03. The van der Waals surface area contributed by atoms with Crippen molar-refractivity contribution in [2.24, 2.45) is 5.16 Å². The van der Waals surface area contributed by atoms with Gasteiger partial charge in [-0.2, -0.15) is 0 Å². The van der Waals surface area contributed by atoms with Crippen molar-refractivity contribution >= 4 is 29.3 Å². The largest absolute Gasteiger partial charge is 0.381 e. The summed E-state index contributed by atoms with van der Waals surface area (Å²) in [6.07, 6.45) is 4.27. The summed E-state index contributed by atoms with van der Waals surface area (Å²) in [5.74, 6) is -3.19. The van der Waals surface area contributed by atoms with Gasteiger partial charge in [0.2, 0.25) is 5.78 Å². The van der Waals surface area contributed by atoms with Crippen LogP contribution in [0.25, 0.3) is 17.3 Å². The number of carbonyl (C=O) groups excluding carboxylic acids is 2. The van der Waals surface area contributed by atoms with Crippen molar-refractivity contribution in [3.05, 3.63) is 83.7 Å². The third-order valence-electron chi connectivity index (χ3n) is 5.03. The standard InChI is InChI=1S/C24H18F2N4O3/c1-4-13-8-9-14(21-22(31)24(2,3)33-30-21)10-15(13)18-11-28-19(12-27-18)29-23(32)20-16(25)6-5-7-17(20)26/h4-12H,1H2,2-3H3,(H,28,29,32). The van der Waals surface area contributed by atoms with E-state index in [9.17, 15) is 18.4 Å². The molecule has 0 saturated heterocycles. The van der Waals surface area contributed by atoms with Crippen LogP contribution < -0.4 is 5.32 Å². The topological polar surface area (TPSA) is 93.5 Å². The summed E-state index contributed by atoms with van der Waals surface area (Å²) in [6, 6.07) is 8.35. The maximum Gasteiger partial charge on any atom is 0.262 e. The predicted octanol–water partition coefficient (Wildman–Crippen LogP) is 4.40. The highest BCUT2D eigenvalue weighted by Gasteiger charge is 2.40. The molecule has 0 bridgehead atoms. The summed E-state index contributed by atoms with van der Waals surface area (Å²) < 4.78 is 27.7. The number of amides is 1. The average Bonchev–Trinajstić information content (AvgIpc) is 3.06. The van der Waals surface area contributed by atoms with E-state index in [4.69, 9.17) is 4.84 Å². The molecule has 0 aliphatic carbocycles. The van der Waals surface area contributed by atoms with Crippen LogP contribution in [-0.2, 0) is 9.63 Å². The molecule has 0 spiro atoms. The Hall–Kier alpha value is -4.27. The second-order valence-corrected chi connectivity index (χ2v) is 7.71. The van der Waals surface area contributed by atoms with Gasteiger partial charge in [0.1, 0.15) is 17.2 Å². The average molecular weight is 448 g/mol. The lowest BCUT2D eigenvalue weighted by Crippen LogP contribution is -2.33. The minimum Gasteiger partial charge on any atom is -0.381 e. The van der Waals surface area contributed by atoms with Crippen LogP contribution in [0.15, 0.2) is 60.5 Å². The van der Waals surface area contributed by atoms with Crippen LogP contribution in [0, 0.1) is 11.6 Å². The summed E-state index contributed by atoms with van der Waals surface area (Å²) in [5, 5.41) is 6.24. The summed E-state index contributed by atoms with van der Waals surface area (Å²) >= 11 is 0. The normalized spacial score (nSPS) is 14.4. The number of hydrogen-bond acceptors (Lipinski definition) is 6. The molecule has 0 saturated carbocycles. The number of rotatable bonds is 5. The third kappa shape index (κ3) is 4.12. The van der Waals surface area contributed by atoms with Crippen molar-refractivity contribution in [3.63, 3.8) is 0 Å². The van der Waals surface area contributed by atoms with Crippen molar-refractivity contribution in [2.45, 2.75) is 19.4 Å². The van der Waals surface area contributed by atoms with Gasteiger partial charge in [0.15, 0.2) is 17.1 Å². The van der Waals surface area contributed by atoms with Crippen LogP contribution in [0.3, 0.4) is 0 Å². The van der Waals surface area contributed by atoms with Gasteiger partial charge >= 0.3 is 0 Å². The Morgan fingerprint density at radius 1 is 1.12 bits per heavy atom. The van der Waals surface area contributed by atoms with Crippen LogP contribution in [0.5, 0.6) is 0 Å². The molecule has 1 aliphatic rings. The van der Waals surface area contributed by atoms with Crippen LogP contribution in [0.4, 0.5) is 14.6 Å². The molecule has 1 N–H and O–H groups in total. The van der Waals surface area contributed by atoms with Gasteiger partial charge in [-0.15, -0.1) is 0 Å². The van der Waals surface area contributed by atoms with E-state index in [1.54, 1.807) is 38.1 Å². The molecule has 33 heavy (non-hydrogen) atoms. The predicted molar refractivity (Wildman–Crippen MR) is 119 cm³/mol. The number of benzene rings is 2. The lowest BCUT2D eigenvalue weighted by molar-refractivity contribution is -0.128. The number of ketones is 1.